The van der Waals surface area contributed by atoms with E-state index in [1.807, 2.05) is 24.3 Å². The zero-order chi connectivity index (χ0) is 15.5. The molecule has 1 rings (SSSR count). The second kappa shape index (κ2) is 9.80. The number of hydrogen-bond acceptors (Lipinski definition) is 3. The first-order valence-corrected chi connectivity index (χ1v) is 7.37. The fourth-order valence-corrected chi connectivity index (χ4v) is 1.96. The van der Waals surface area contributed by atoms with Crippen molar-refractivity contribution in [3.8, 4) is 5.75 Å². The van der Waals surface area contributed by atoms with E-state index in [0.717, 1.165) is 30.6 Å². The van der Waals surface area contributed by atoms with Gasteiger partial charge in [-0.1, -0.05) is 38.0 Å². The van der Waals surface area contributed by atoms with E-state index in [1.54, 1.807) is 7.11 Å². The van der Waals surface area contributed by atoms with E-state index in [2.05, 4.69) is 17.6 Å². The smallest absolute Gasteiger partial charge is 0.309 e. The van der Waals surface area contributed by atoms with Crippen LogP contribution in [0.1, 0.15) is 31.7 Å². The van der Waals surface area contributed by atoms with Gasteiger partial charge < -0.3 is 15.4 Å². The maximum atomic E-state index is 11.6. The van der Waals surface area contributed by atoms with Gasteiger partial charge in [0.05, 0.1) is 7.11 Å². The predicted octanol–water partition coefficient (Wildman–Crippen LogP) is 1.66. The molecule has 21 heavy (non-hydrogen) atoms. The molecule has 1 aromatic carbocycles. The van der Waals surface area contributed by atoms with Gasteiger partial charge in [-0.3, -0.25) is 9.59 Å². The molecule has 2 N–H and O–H groups in total. The molecule has 0 heterocycles. The molecule has 0 fully saturated rings. The molecular weight excluding hydrogens is 268 g/mol. The van der Waals surface area contributed by atoms with E-state index in [0.29, 0.717) is 19.5 Å². The molecule has 0 aliphatic carbocycles. The summed E-state index contributed by atoms with van der Waals surface area (Å²) in [7, 11) is 1.61. The van der Waals surface area contributed by atoms with Gasteiger partial charge in [-0.15, -0.1) is 0 Å². The van der Waals surface area contributed by atoms with Gasteiger partial charge >= 0.3 is 11.8 Å². The zero-order valence-corrected chi connectivity index (χ0v) is 12.8. The van der Waals surface area contributed by atoms with Crippen LogP contribution in [0.5, 0.6) is 5.75 Å². The number of carbonyl (C=O) groups excluding carboxylic acids is 2. The summed E-state index contributed by atoms with van der Waals surface area (Å²) in [6.07, 6.45) is 3.66. The van der Waals surface area contributed by atoms with Crippen LogP contribution >= 0.6 is 0 Å². The molecule has 0 aromatic heterocycles. The van der Waals surface area contributed by atoms with E-state index in [-0.39, 0.29) is 0 Å². The minimum Gasteiger partial charge on any atom is -0.496 e. The average Bonchev–Trinajstić information content (AvgIpc) is 2.51. The van der Waals surface area contributed by atoms with Crippen LogP contribution in [-0.4, -0.2) is 32.0 Å². The van der Waals surface area contributed by atoms with Crippen molar-refractivity contribution >= 4 is 11.8 Å². The second-order valence-corrected chi connectivity index (χ2v) is 4.78. The van der Waals surface area contributed by atoms with Gasteiger partial charge in [0.2, 0.25) is 0 Å². The molecule has 1 aromatic rings. The number of amides is 2. The number of nitrogens with one attached hydrogen (secondary N) is 2. The third-order valence-electron chi connectivity index (χ3n) is 3.14. The monoisotopic (exact) mass is 292 g/mol. The van der Waals surface area contributed by atoms with E-state index < -0.39 is 11.8 Å². The number of ether oxygens (including phenoxy) is 1. The summed E-state index contributed by atoms with van der Waals surface area (Å²) < 4.78 is 5.23. The van der Waals surface area contributed by atoms with Crippen LogP contribution in [0.2, 0.25) is 0 Å². The standard InChI is InChI=1S/C16H24N2O3/c1-3-4-7-11-17-15(19)16(20)18-12-10-13-8-5-6-9-14(13)21-2/h5-6,8-9H,3-4,7,10-12H2,1-2H3,(H,17,19)(H,18,20). The summed E-state index contributed by atoms with van der Waals surface area (Å²) in [6, 6.07) is 7.62. The van der Waals surface area contributed by atoms with Gasteiger partial charge in [-0.05, 0) is 24.5 Å². The fraction of sp³-hybridized carbons (Fsp3) is 0.500. The molecule has 116 valence electrons. The summed E-state index contributed by atoms with van der Waals surface area (Å²) in [5.41, 5.74) is 1.00. The van der Waals surface area contributed by atoms with Gasteiger partial charge in [0, 0.05) is 13.1 Å². The minimum atomic E-state index is -0.582. The van der Waals surface area contributed by atoms with Crippen LogP contribution in [0.4, 0.5) is 0 Å². The van der Waals surface area contributed by atoms with E-state index in [1.165, 1.54) is 0 Å². The molecular formula is C16H24N2O3. The number of carbonyl (C=O) groups is 2. The van der Waals surface area contributed by atoms with Crippen molar-refractivity contribution in [1.29, 1.82) is 0 Å². The van der Waals surface area contributed by atoms with Crippen molar-refractivity contribution in [3.05, 3.63) is 29.8 Å². The van der Waals surface area contributed by atoms with Crippen molar-refractivity contribution in [3.63, 3.8) is 0 Å². The second-order valence-electron chi connectivity index (χ2n) is 4.78. The third-order valence-corrected chi connectivity index (χ3v) is 3.14. The molecule has 5 nitrogen and oxygen atoms in total. The Morgan fingerprint density at radius 1 is 1.05 bits per heavy atom. The van der Waals surface area contributed by atoms with Gasteiger partial charge in [0.1, 0.15) is 5.75 Å². The Morgan fingerprint density at radius 3 is 2.38 bits per heavy atom. The van der Waals surface area contributed by atoms with Crippen molar-refractivity contribution in [2.45, 2.75) is 32.6 Å². The first kappa shape index (κ1) is 17.0. The SMILES string of the molecule is CCCCCNC(=O)C(=O)NCCc1ccccc1OC. The Bertz CT molecular complexity index is 461. The predicted molar refractivity (Wildman–Crippen MR) is 82.2 cm³/mol. The Morgan fingerprint density at radius 2 is 1.71 bits per heavy atom. The van der Waals surface area contributed by atoms with Crippen LogP contribution in [-0.2, 0) is 16.0 Å². The lowest BCUT2D eigenvalue weighted by Crippen LogP contribution is -2.41. The van der Waals surface area contributed by atoms with E-state index in [4.69, 9.17) is 4.74 Å². The van der Waals surface area contributed by atoms with Gasteiger partial charge in [0.15, 0.2) is 0 Å². The third kappa shape index (κ3) is 6.29. The highest BCUT2D eigenvalue weighted by atomic mass is 16.5. The number of rotatable bonds is 8. The number of hydrogen-bond donors (Lipinski definition) is 2. The van der Waals surface area contributed by atoms with Gasteiger partial charge in [-0.2, -0.15) is 0 Å². The molecule has 0 unspecified atom stereocenters. The topological polar surface area (TPSA) is 67.4 Å². The molecule has 0 aliphatic heterocycles. The summed E-state index contributed by atoms with van der Waals surface area (Å²) in [4.78, 5) is 23.1. The lowest BCUT2D eigenvalue weighted by molar-refractivity contribution is -0.139. The van der Waals surface area contributed by atoms with E-state index >= 15 is 0 Å². The normalized spacial score (nSPS) is 10.0. The van der Waals surface area contributed by atoms with Crippen LogP contribution in [0.3, 0.4) is 0 Å². The molecule has 0 atom stereocenters. The lowest BCUT2D eigenvalue weighted by Gasteiger charge is -2.09. The van der Waals surface area contributed by atoms with Gasteiger partial charge in [0.25, 0.3) is 0 Å². The molecule has 0 saturated carbocycles. The highest BCUT2D eigenvalue weighted by Crippen LogP contribution is 2.17. The number of benzene rings is 1. The zero-order valence-electron chi connectivity index (χ0n) is 12.8. The van der Waals surface area contributed by atoms with Crippen LogP contribution < -0.4 is 15.4 Å². The molecule has 0 spiro atoms. The largest absolute Gasteiger partial charge is 0.496 e. The summed E-state index contributed by atoms with van der Waals surface area (Å²) >= 11 is 0. The first-order valence-electron chi connectivity index (χ1n) is 7.37. The maximum Gasteiger partial charge on any atom is 0.309 e. The molecule has 0 aliphatic rings. The highest BCUT2D eigenvalue weighted by Gasteiger charge is 2.12. The maximum absolute atomic E-state index is 11.6. The summed E-state index contributed by atoms with van der Waals surface area (Å²) in [5.74, 6) is -0.358. The average molecular weight is 292 g/mol. The van der Waals surface area contributed by atoms with Crippen molar-refractivity contribution in [1.82, 2.24) is 10.6 Å². The Labute approximate surface area is 126 Å². The quantitative estimate of drug-likeness (QED) is 0.565. The molecule has 2 amide bonds. The molecule has 5 heteroatoms. The fourth-order valence-electron chi connectivity index (χ4n) is 1.96. The van der Waals surface area contributed by atoms with Gasteiger partial charge in [-0.25, -0.2) is 0 Å². The van der Waals surface area contributed by atoms with Crippen LogP contribution in [0.15, 0.2) is 24.3 Å². The minimum absolute atomic E-state index is 0.404. The number of methoxy groups -OCH3 is 1. The first-order chi connectivity index (χ1) is 10.2. The van der Waals surface area contributed by atoms with Crippen LogP contribution in [0.25, 0.3) is 0 Å². The number of para-hydroxylation sites is 1. The Hall–Kier alpha value is -2.04. The molecule has 0 radical (unpaired) electrons. The van der Waals surface area contributed by atoms with Crippen LogP contribution in [0, 0.1) is 0 Å². The van der Waals surface area contributed by atoms with E-state index in [9.17, 15) is 9.59 Å². The van der Waals surface area contributed by atoms with Crippen molar-refractivity contribution in [2.75, 3.05) is 20.2 Å². The number of unbranched alkanes of at least 4 members (excludes halogenated alkanes) is 2. The lowest BCUT2D eigenvalue weighted by atomic mass is 10.1. The van der Waals surface area contributed by atoms with Crippen molar-refractivity contribution in [2.24, 2.45) is 0 Å². The Kier molecular flexibility index (Phi) is 7.94. The summed E-state index contributed by atoms with van der Waals surface area (Å²) in [5, 5.41) is 5.23. The van der Waals surface area contributed by atoms with Crippen molar-refractivity contribution < 1.29 is 14.3 Å². The highest BCUT2D eigenvalue weighted by molar-refractivity contribution is 6.35. The molecule has 0 bridgehead atoms. The Balaban J connectivity index is 2.28. The molecule has 0 saturated heterocycles. The summed E-state index contributed by atoms with van der Waals surface area (Å²) in [6.45, 7) is 3.04.